The molecule has 13 heavy (non-hydrogen) atoms. The number of halogens is 1. The maximum atomic E-state index is 9.90. The number of carbonyl (C=O) groups is 1. The lowest BCUT2D eigenvalue weighted by molar-refractivity contribution is -0.113. The second-order valence-corrected chi connectivity index (χ2v) is 2.60. The number of azo groups is 1. The molecule has 0 atom stereocenters. The Morgan fingerprint density at radius 2 is 1.85 bits per heavy atom. The Kier molecular flexibility index (Phi) is 3.85. The summed E-state index contributed by atoms with van der Waals surface area (Å²) in [6.07, 6.45) is 2.67. The smallest absolute Gasteiger partial charge is 0.266 e. The van der Waals surface area contributed by atoms with E-state index in [1.54, 1.807) is 0 Å². The van der Waals surface area contributed by atoms with Crippen LogP contribution in [0.1, 0.15) is 0 Å². The molecular weight excluding hydrogens is 188 g/mol. The third-order valence-electron chi connectivity index (χ3n) is 1.17. The summed E-state index contributed by atoms with van der Waals surface area (Å²) >= 11 is 5.54. The minimum atomic E-state index is -0.269. The zero-order valence-electron chi connectivity index (χ0n) is 6.72. The van der Waals surface area contributed by atoms with Gasteiger partial charge in [-0.15, -0.1) is 5.11 Å². The molecule has 4 heteroatoms. The van der Waals surface area contributed by atoms with Gasteiger partial charge in [-0.1, -0.05) is 29.8 Å². The normalized spacial score (nSPS) is 12.5. The third-order valence-corrected chi connectivity index (χ3v) is 1.43. The van der Waals surface area contributed by atoms with Gasteiger partial charge in [0.25, 0.3) is 5.91 Å². The van der Waals surface area contributed by atoms with Gasteiger partial charge in [0.05, 0.1) is 6.20 Å². The summed E-state index contributed by atoms with van der Waals surface area (Å²) in [5, 5.41) is 7.16. The van der Waals surface area contributed by atoms with Gasteiger partial charge in [-0.25, -0.2) is 0 Å². The fourth-order valence-corrected chi connectivity index (χ4v) is 0.781. The van der Waals surface area contributed by atoms with Crippen molar-refractivity contribution < 1.29 is 4.79 Å². The molecule has 0 fully saturated rings. The van der Waals surface area contributed by atoms with E-state index in [1.165, 1.54) is 12.3 Å². The topological polar surface area (TPSA) is 41.8 Å². The lowest BCUT2D eigenvalue weighted by Crippen LogP contribution is -1.74. The van der Waals surface area contributed by atoms with Crippen molar-refractivity contribution in [2.24, 2.45) is 10.2 Å². The molecular formula is C9H7ClN2O. The van der Waals surface area contributed by atoms with Gasteiger partial charge in [0.15, 0.2) is 0 Å². The summed E-state index contributed by atoms with van der Waals surface area (Å²) in [6.45, 7) is 0. The largest absolute Gasteiger partial charge is 0.289 e. The lowest BCUT2D eigenvalue weighted by Gasteiger charge is -1.80. The van der Waals surface area contributed by atoms with Gasteiger partial charge in [-0.05, 0) is 12.1 Å². The fourth-order valence-electron chi connectivity index (χ4n) is 0.635. The number of hydrogen-bond donors (Lipinski definition) is 0. The molecule has 0 radical (unpaired) electrons. The van der Waals surface area contributed by atoms with Crippen LogP contribution < -0.4 is 0 Å². The number of amides is 1. The Bertz CT molecular complexity index is 319. The van der Waals surface area contributed by atoms with Crippen LogP contribution in [0.2, 0.25) is 5.02 Å². The van der Waals surface area contributed by atoms with Crippen molar-refractivity contribution in [3.63, 3.8) is 0 Å². The molecule has 1 aromatic carbocycles. The molecule has 0 aliphatic carbocycles. The van der Waals surface area contributed by atoms with Crippen LogP contribution in [-0.2, 0) is 4.79 Å². The van der Waals surface area contributed by atoms with E-state index in [0.717, 1.165) is 5.02 Å². The monoisotopic (exact) mass is 194 g/mol. The first kappa shape index (κ1) is 9.61. The molecule has 1 aliphatic rings. The third kappa shape index (κ3) is 4.18. The van der Waals surface area contributed by atoms with Crippen LogP contribution in [-0.4, -0.2) is 5.91 Å². The molecule has 1 aromatic rings. The fraction of sp³-hybridized carbons (Fsp3) is 0. The molecule has 0 N–H and O–H groups in total. The van der Waals surface area contributed by atoms with E-state index in [1.807, 2.05) is 30.3 Å². The highest BCUT2D eigenvalue weighted by Crippen LogP contribution is 2.03. The molecule has 0 saturated carbocycles. The Morgan fingerprint density at radius 1 is 1.15 bits per heavy atom. The van der Waals surface area contributed by atoms with Crippen molar-refractivity contribution in [3.05, 3.63) is 47.6 Å². The van der Waals surface area contributed by atoms with Gasteiger partial charge in [0.1, 0.15) is 0 Å². The molecule has 0 unspecified atom stereocenters. The summed E-state index contributed by atoms with van der Waals surface area (Å²) in [6, 6.07) is 9.44. The zero-order valence-corrected chi connectivity index (χ0v) is 7.48. The van der Waals surface area contributed by atoms with Crippen LogP contribution in [0.15, 0.2) is 52.8 Å². The number of hydrogen-bond acceptors (Lipinski definition) is 2. The van der Waals surface area contributed by atoms with Crippen molar-refractivity contribution in [2.45, 2.75) is 0 Å². The Balaban J connectivity index is 0.000000132. The van der Waals surface area contributed by atoms with Gasteiger partial charge in [-0.3, -0.25) is 4.79 Å². The van der Waals surface area contributed by atoms with E-state index < -0.39 is 0 Å². The highest BCUT2D eigenvalue weighted by molar-refractivity contribution is 6.30. The molecule has 0 bridgehead atoms. The predicted octanol–water partition coefficient (Wildman–Crippen LogP) is 2.83. The van der Waals surface area contributed by atoms with E-state index in [4.69, 9.17) is 11.6 Å². The van der Waals surface area contributed by atoms with Crippen LogP contribution in [0.25, 0.3) is 0 Å². The second kappa shape index (κ2) is 5.22. The van der Waals surface area contributed by atoms with Crippen LogP contribution >= 0.6 is 11.6 Å². The predicted molar refractivity (Wildman–Crippen MR) is 50.5 cm³/mol. The van der Waals surface area contributed by atoms with Gasteiger partial charge in [0.2, 0.25) is 0 Å². The first-order valence-electron chi connectivity index (χ1n) is 3.61. The second-order valence-electron chi connectivity index (χ2n) is 2.17. The Hall–Kier alpha value is -1.48. The number of nitrogens with zero attached hydrogens (tertiary/aromatic N) is 2. The standard InChI is InChI=1S/C6H5Cl.C3H2N2O/c7-6-4-2-1-3-5-6;6-3-1-2-4-5-3/h1-5H;1-2H. The lowest BCUT2D eigenvalue weighted by atomic mass is 10.4. The molecule has 0 saturated heterocycles. The number of benzene rings is 1. The maximum Gasteiger partial charge on any atom is 0.289 e. The molecule has 0 spiro atoms. The number of carbonyl (C=O) groups excluding carboxylic acids is 1. The Labute approximate surface area is 80.7 Å². The quantitative estimate of drug-likeness (QED) is 0.626. The van der Waals surface area contributed by atoms with Crippen molar-refractivity contribution in [2.75, 3.05) is 0 Å². The first-order chi connectivity index (χ1) is 6.29. The first-order valence-corrected chi connectivity index (χ1v) is 3.99. The molecule has 2 rings (SSSR count). The molecule has 1 amide bonds. The minimum Gasteiger partial charge on any atom is -0.266 e. The summed E-state index contributed by atoms with van der Waals surface area (Å²) < 4.78 is 0. The summed E-state index contributed by atoms with van der Waals surface area (Å²) in [5.41, 5.74) is 0. The van der Waals surface area contributed by atoms with Crippen molar-refractivity contribution in [3.8, 4) is 0 Å². The van der Waals surface area contributed by atoms with E-state index in [2.05, 4.69) is 10.2 Å². The van der Waals surface area contributed by atoms with Gasteiger partial charge < -0.3 is 0 Å². The average Bonchev–Trinajstić information content (AvgIpc) is 2.58. The molecule has 1 heterocycles. The van der Waals surface area contributed by atoms with Crippen LogP contribution in [0.5, 0.6) is 0 Å². The van der Waals surface area contributed by atoms with Gasteiger partial charge in [-0.2, -0.15) is 5.11 Å². The van der Waals surface area contributed by atoms with Crippen molar-refractivity contribution in [1.82, 2.24) is 0 Å². The average molecular weight is 195 g/mol. The summed E-state index contributed by atoms with van der Waals surface area (Å²) in [5.74, 6) is -0.269. The molecule has 0 aromatic heterocycles. The zero-order chi connectivity index (χ0) is 9.52. The highest BCUT2D eigenvalue weighted by Gasteiger charge is 1.92. The highest BCUT2D eigenvalue weighted by atomic mass is 35.5. The van der Waals surface area contributed by atoms with E-state index in [0.29, 0.717) is 0 Å². The van der Waals surface area contributed by atoms with Gasteiger partial charge >= 0.3 is 0 Å². The van der Waals surface area contributed by atoms with E-state index >= 15 is 0 Å². The van der Waals surface area contributed by atoms with E-state index in [-0.39, 0.29) is 5.91 Å². The van der Waals surface area contributed by atoms with Gasteiger partial charge in [0, 0.05) is 11.1 Å². The van der Waals surface area contributed by atoms with Crippen LogP contribution in [0.4, 0.5) is 0 Å². The summed E-state index contributed by atoms with van der Waals surface area (Å²) in [7, 11) is 0. The molecule has 1 aliphatic heterocycles. The minimum absolute atomic E-state index is 0.269. The molecule has 3 nitrogen and oxygen atoms in total. The van der Waals surface area contributed by atoms with Crippen LogP contribution in [0, 0.1) is 0 Å². The van der Waals surface area contributed by atoms with Crippen LogP contribution in [0.3, 0.4) is 0 Å². The maximum absolute atomic E-state index is 9.90. The Morgan fingerprint density at radius 3 is 2.08 bits per heavy atom. The van der Waals surface area contributed by atoms with Crippen molar-refractivity contribution >= 4 is 17.5 Å². The van der Waals surface area contributed by atoms with Crippen molar-refractivity contribution in [1.29, 1.82) is 0 Å². The number of rotatable bonds is 0. The van der Waals surface area contributed by atoms with E-state index in [9.17, 15) is 4.79 Å². The summed E-state index contributed by atoms with van der Waals surface area (Å²) in [4.78, 5) is 9.90. The SMILES string of the molecule is Clc1ccccc1.O=C1C=CN=N1. The molecule has 66 valence electrons.